The van der Waals surface area contributed by atoms with Crippen molar-refractivity contribution in [3.05, 3.63) is 24.0 Å². The lowest BCUT2D eigenvalue weighted by atomic mass is 9.74. The predicted octanol–water partition coefficient (Wildman–Crippen LogP) is 2.40. The number of hydrogen-bond acceptors (Lipinski definition) is 7. The summed E-state index contributed by atoms with van der Waals surface area (Å²) >= 11 is 0. The third kappa shape index (κ3) is 2.71. The molecule has 146 valence electrons. The van der Waals surface area contributed by atoms with Gasteiger partial charge in [-0.1, -0.05) is 6.42 Å². The standard InChI is InChI=1S/C20H26N8/c1-12-10-23-15(22)9-13(12)17-18-19(27-26-17)25-16(11-24-18)28-7-5-20(6-8-28)4-2-3-14(20)21/h9-11,14H,2-8,21H2,1H3,(H2,22,23)(H,25,26,27)/t14-/m1/s1. The van der Waals surface area contributed by atoms with E-state index in [2.05, 4.69) is 25.1 Å². The number of rotatable bonds is 2. The molecule has 3 aromatic heterocycles. The summed E-state index contributed by atoms with van der Waals surface area (Å²) in [6.45, 7) is 3.95. The van der Waals surface area contributed by atoms with Crippen LogP contribution in [0.3, 0.4) is 0 Å². The lowest BCUT2D eigenvalue weighted by molar-refractivity contribution is 0.197. The van der Waals surface area contributed by atoms with Crippen molar-refractivity contribution in [1.82, 2.24) is 25.1 Å². The summed E-state index contributed by atoms with van der Waals surface area (Å²) in [6, 6.07) is 2.19. The molecule has 2 aliphatic rings. The van der Waals surface area contributed by atoms with Gasteiger partial charge < -0.3 is 16.4 Å². The van der Waals surface area contributed by atoms with Crippen LogP contribution in [0.15, 0.2) is 18.5 Å². The molecule has 1 aliphatic heterocycles. The van der Waals surface area contributed by atoms with E-state index in [1.807, 2.05) is 19.2 Å². The number of nitrogen functional groups attached to an aromatic ring is 1. The second kappa shape index (κ2) is 6.41. The van der Waals surface area contributed by atoms with Crippen molar-refractivity contribution >= 4 is 22.8 Å². The van der Waals surface area contributed by atoms with E-state index in [0.717, 1.165) is 54.1 Å². The van der Waals surface area contributed by atoms with Crippen molar-refractivity contribution in [3.63, 3.8) is 0 Å². The van der Waals surface area contributed by atoms with Gasteiger partial charge in [0, 0.05) is 30.9 Å². The van der Waals surface area contributed by atoms with Gasteiger partial charge in [-0.15, -0.1) is 0 Å². The fraction of sp³-hybridized carbons (Fsp3) is 0.500. The topological polar surface area (TPSA) is 123 Å². The molecular formula is C20H26N8. The van der Waals surface area contributed by atoms with E-state index in [1.165, 1.54) is 19.3 Å². The number of nitrogens with zero attached hydrogens (tertiary/aromatic N) is 5. The number of H-pyrrole nitrogens is 1. The van der Waals surface area contributed by atoms with Crippen LogP contribution in [0, 0.1) is 12.3 Å². The molecule has 1 saturated heterocycles. The summed E-state index contributed by atoms with van der Waals surface area (Å²) < 4.78 is 0. The molecule has 0 aromatic carbocycles. The highest BCUT2D eigenvalue weighted by Crippen LogP contribution is 2.45. The van der Waals surface area contributed by atoms with E-state index in [0.29, 0.717) is 22.9 Å². The summed E-state index contributed by atoms with van der Waals surface area (Å²) in [6.07, 6.45) is 9.58. The number of nitrogens with one attached hydrogen (secondary N) is 1. The maximum Gasteiger partial charge on any atom is 0.202 e. The zero-order chi connectivity index (χ0) is 19.3. The summed E-state index contributed by atoms with van der Waals surface area (Å²) in [4.78, 5) is 15.9. The molecule has 0 amide bonds. The van der Waals surface area contributed by atoms with E-state index >= 15 is 0 Å². The van der Waals surface area contributed by atoms with E-state index < -0.39 is 0 Å². The van der Waals surface area contributed by atoms with E-state index in [4.69, 9.17) is 16.5 Å². The Morgan fingerprint density at radius 3 is 2.75 bits per heavy atom. The molecule has 1 atom stereocenters. The molecule has 0 unspecified atom stereocenters. The number of anilines is 2. The molecule has 8 nitrogen and oxygen atoms in total. The third-order valence-corrected chi connectivity index (χ3v) is 6.71. The maximum absolute atomic E-state index is 6.41. The van der Waals surface area contributed by atoms with Gasteiger partial charge in [0.1, 0.15) is 17.2 Å². The molecule has 3 aromatic rings. The van der Waals surface area contributed by atoms with Crippen LogP contribution < -0.4 is 16.4 Å². The van der Waals surface area contributed by atoms with Gasteiger partial charge in [0.25, 0.3) is 0 Å². The smallest absolute Gasteiger partial charge is 0.202 e. The molecule has 5 rings (SSSR count). The normalized spacial score (nSPS) is 21.6. The quantitative estimate of drug-likeness (QED) is 0.626. The first-order chi connectivity index (χ1) is 13.6. The number of fused-ring (bicyclic) bond motifs is 1. The molecule has 1 saturated carbocycles. The van der Waals surface area contributed by atoms with Crippen molar-refractivity contribution in [1.29, 1.82) is 0 Å². The van der Waals surface area contributed by atoms with Crippen LogP contribution in [0.2, 0.25) is 0 Å². The lowest BCUT2D eigenvalue weighted by Gasteiger charge is -2.42. The number of nitrogens with two attached hydrogens (primary N) is 2. The fourth-order valence-corrected chi connectivity index (χ4v) is 4.90. The van der Waals surface area contributed by atoms with Crippen LogP contribution in [-0.4, -0.2) is 44.3 Å². The first kappa shape index (κ1) is 17.4. The van der Waals surface area contributed by atoms with Gasteiger partial charge in [-0.3, -0.25) is 5.10 Å². The first-order valence-corrected chi connectivity index (χ1v) is 10.00. The average molecular weight is 378 g/mol. The second-order valence-corrected chi connectivity index (χ2v) is 8.27. The number of aromatic nitrogens is 5. The van der Waals surface area contributed by atoms with Gasteiger partial charge >= 0.3 is 0 Å². The lowest BCUT2D eigenvalue weighted by Crippen LogP contribution is -2.47. The average Bonchev–Trinajstić information content (AvgIpc) is 3.28. The van der Waals surface area contributed by atoms with Crippen molar-refractivity contribution in [2.24, 2.45) is 11.1 Å². The van der Waals surface area contributed by atoms with Gasteiger partial charge in [0.15, 0.2) is 0 Å². The minimum atomic E-state index is 0.340. The zero-order valence-electron chi connectivity index (χ0n) is 16.1. The van der Waals surface area contributed by atoms with Gasteiger partial charge in [-0.25, -0.2) is 15.0 Å². The number of aromatic amines is 1. The summed E-state index contributed by atoms with van der Waals surface area (Å²) in [5, 5.41) is 7.48. The number of piperidine rings is 1. The zero-order valence-corrected chi connectivity index (χ0v) is 16.1. The molecule has 5 N–H and O–H groups in total. The largest absolute Gasteiger partial charge is 0.384 e. The van der Waals surface area contributed by atoms with Crippen LogP contribution in [-0.2, 0) is 0 Å². The Morgan fingerprint density at radius 1 is 1.18 bits per heavy atom. The molecule has 1 aliphatic carbocycles. The predicted molar refractivity (Wildman–Crippen MR) is 110 cm³/mol. The molecule has 4 heterocycles. The van der Waals surface area contributed by atoms with Crippen molar-refractivity contribution in [2.75, 3.05) is 23.7 Å². The van der Waals surface area contributed by atoms with Gasteiger partial charge in [-0.05, 0) is 49.7 Å². The summed E-state index contributed by atoms with van der Waals surface area (Å²) in [7, 11) is 0. The Labute approximate surface area is 163 Å². The number of aryl methyl sites for hydroxylation is 1. The fourth-order valence-electron chi connectivity index (χ4n) is 4.90. The number of hydrogen-bond donors (Lipinski definition) is 3. The summed E-state index contributed by atoms with van der Waals surface area (Å²) in [5.74, 6) is 1.36. The number of pyridine rings is 1. The van der Waals surface area contributed by atoms with Crippen LogP contribution in [0.5, 0.6) is 0 Å². The van der Waals surface area contributed by atoms with Crippen molar-refractivity contribution in [3.8, 4) is 11.3 Å². The third-order valence-electron chi connectivity index (χ3n) is 6.71. The Hall–Kier alpha value is -2.74. The molecular weight excluding hydrogens is 352 g/mol. The van der Waals surface area contributed by atoms with Crippen molar-refractivity contribution < 1.29 is 0 Å². The first-order valence-electron chi connectivity index (χ1n) is 10.00. The Balaban J connectivity index is 1.42. The van der Waals surface area contributed by atoms with Crippen LogP contribution in [0.4, 0.5) is 11.6 Å². The minimum Gasteiger partial charge on any atom is -0.384 e. The molecule has 1 spiro atoms. The summed E-state index contributed by atoms with van der Waals surface area (Å²) in [5.41, 5.74) is 16.8. The highest BCUT2D eigenvalue weighted by molar-refractivity contribution is 5.89. The van der Waals surface area contributed by atoms with E-state index in [1.54, 1.807) is 6.20 Å². The molecule has 0 bridgehead atoms. The Morgan fingerprint density at radius 2 is 2.00 bits per heavy atom. The molecule has 0 radical (unpaired) electrons. The van der Waals surface area contributed by atoms with E-state index in [9.17, 15) is 0 Å². The van der Waals surface area contributed by atoms with Gasteiger partial charge in [0.2, 0.25) is 5.65 Å². The highest BCUT2D eigenvalue weighted by atomic mass is 15.2. The molecule has 2 fully saturated rings. The molecule has 28 heavy (non-hydrogen) atoms. The highest BCUT2D eigenvalue weighted by Gasteiger charge is 2.43. The van der Waals surface area contributed by atoms with Gasteiger partial charge in [0.05, 0.1) is 11.9 Å². The monoisotopic (exact) mass is 378 g/mol. The molecule has 8 heteroatoms. The second-order valence-electron chi connectivity index (χ2n) is 8.27. The van der Waals surface area contributed by atoms with Gasteiger partial charge in [-0.2, -0.15) is 5.10 Å². The minimum absolute atomic E-state index is 0.340. The van der Waals surface area contributed by atoms with Crippen LogP contribution >= 0.6 is 0 Å². The Kier molecular flexibility index (Phi) is 3.97. The SMILES string of the molecule is Cc1cnc(N)cc1-c1[nH]nc2nc(N3CCC4(CCC[C@H]4N)CC3)cnc12. The van der Waals surface area contributed by atoms with Crippen LogP contribution in [0.1, 0.15) is 37.7 Å². The van der Waals surface area contributed by atoms with Crippen LogP contribution in [0.25, 0.3) is 22.4 Å². The maximum atomic E-state index is 6.41. The Bertz CT molecular complexity index is 1020. The van der Waals surface area contributed by atoms with Crippen molar-refractivity contribution in [2.45, 2.75) is 45.1 Å². The van der Waals surface area contributed by atoms with E-state index in [-0.39, 0.29) is 0 Å².